The summed E-state index contributed by atoms with van der Waals surface area (Å²) in [6.45, 7) is 1.93. The van der Waals surface area contributed by atoms with Crippen LogP contribution in [0.4, 0.5) is 23.8 Å². The van der Waals surface area contributed by atoms with Crippen molar-refractivity contribution in [3.05, 3.63) is 83.0 Å². The van der Waals surface area contributed by atoms with Gasteiger partial charge in [-0.2, -0.15) is 13.2 Å². The standard InChI is InChI=1S/C26H20F3N5O3/c1-3-37-24(35)32-22-10-8-16(13-31-22)15-7-9-20-19(11-15)23-21(14-30-20)33(2)25(36)34(23)18-6-4-5-17(12-18)26(27,28)29/h4-14H,3H2,1-2H3,(H,31,32,35). The summed E-state index contributed by atoms with van der Waals surface area (Å²) in [6, 6.07) is 13.4. The van der Waals surface area contributed by atoms with Gasteiger partial charge in [0.1, 0.15) is 5.82 Å². The molecule has 37 heavy (non-hydrogen) atoms. The van der Waals surface area contributed by atoms with Gasteiger partial charge in [-0.25, -0.2) is 14.6 Å². The van der Waals surface area contributed by atoms with Crippen LogP contribution in [-0.2, 0) is 18.0 Å². The zero-order chi connectivity index (χ0) is 26.3. The summed E-state index contributed by atoms with van der Waals surface area (Å²) in [5.74, 6) is 0.313. The Morgan fingerprint density at radius 3 is 2.51 bits per heavy atom. The van der Waals surface area contributed by atoms with E-state index in [1.165, 1.54) is 27.5 Å². The Labute approximate surface area is 208 Å². The van der Waals surface area contributed by atoms with Crippen molar-refractivity contribution in [1.82, 2.24) is 19.1 Å². The number of amides is 1. The predicted molar refractivity (Wildman–Crippen MR) is 133 cm³/mol. The van der Waals surface area contributed by atoms with E-state index in [1.54, 1.807) is 38.4 Å². The first-order valence-corrected chi connectivity index (χ1v) is 11.3. The molecule has 8 nitrogen and oxygen atoms in total. The number of hydrogen-bond acceptors (Lipinski definition) is 5. The van der Waals surface area contributed by atoms with Crippen LogP contribution in [0, 0.1) is 0 Å². The number of halogens is 3. The number of carbonyl (C=O) groups excluding carboxylic acids is 1. The lowest BCUT2D eigenvalue weighted by Gasteiger charge is -2.11. The first-order chi connectivity index (χ1) is 17.7. The molecule has 0 saturated carbocycles. The van der Waals surface area contributed by atoms with Crippen molar-refractivity contribution in [3.63, 3.8) is 0 Å². The third-order valence-electron chi connectivity index (χ3n) is 5.92. The Kier molecular flexibility index (Phi) is 5.90. The monoisotopic (exact) mass is 507 g/mol. The third-order valence-corrected chi connectivity index (χ3v) is 5.92. The summed E-state index contributed by atoms with van der Waals surface area (Å²) in [5, 5.41) is 3.10. The van der Waals surface area contributed by atoms with Crippen LogP contribution in [-0.4, -0.2) is 31.8 Å². The van der Waals surface area contributed by atoms with E-state index in [9.17, 15) is 22.8 Å². The number of rotatable bonds is 4. The zero-order valence-corrected chi connectivity index (χ0v) is 19.7. The number of ether oxygens (including phenoxy) is 1. The van der Waals surface area contributed by atoms with Crippen LogP contribution in [0.3, 0.4) is 0 Å². The minimum absolute atomic E-state index is 0.0967. The van der Waals surface area contributed by atoms with E-state index in [0.29, 0.717) is 27.8 Å². The van der Waals surface area contributed by atoms with Crippen LogP contribution in [0.2, 0.25) is 0 Å². The summed E-state index contributed by atoms with van der Waals surface area (Å²) in [5.41, 5.74) is 1.68. The van der Waals surface area contributed by atoms with Gasteiger partial charge in [-0.15, -0.1) is 0 Å². The number of alkyl halides is 3. The topological polar surface area (TPSA) is 91.0 Å². The zero-order valence-electron chi connectivity index (χ0n) is 19.7. The van der Waals surface area contributed by atoms with Crippen molar-refractivity contribution in [2.24, 2.45) is 7.05 Å². The normalized spacial score (nSPS) is 11.7. The second kappa shape index (κ2) is 9.08. The van der Waals surface area contributed by atoms with Gasteiger partial charge in [0.25, 0.3) is 0 Å². The van der Waals surface area contributed by atoms with Crippen molar-refractivity contribution in [1.29, 1.82) is 0 Å². The number of fused-ring (bicyclic) bond motifs is 3. The summed E-state index contributed by atoms with van der Waals surface area (Å²) < 4.78 is 47.7. The van der Waals surface area contributed by atoms with Gasteiger partial charge in [0.05, 0.1) is 40.6 Å². The van der Waals surface area contributed by atoms with Crippen molar-refractivity contribution >= 4 is 33.8 Å². The van der Waals surface area contributed by atoms with E-state index in [4.69, 9.17) is 4.74 Å². The maximum atomic E-state index is 13.4. The van der Waals surface area contributed by atoms with Crippen molar-refractivity contribution in [2.45, 2.75) is 13.1 Å². The molecule has 3 heterocycles. The first kappa shape index (κ1) is 24.0. The van der Waals surface area contributed by atoms with Gasteiger partial charge in [0, 0.05) is 24.2 Å². The van der Waals surface area contributed by atoms with Crippen LogP contribution in [0.25, 0.3) is 38.8 Å². The Bertz CT molecular complexity index is 1710. The molecule has 0 atom stereocenters. The van der Waals surface area contributed by atoms with Crippen molar-refractivity contribution in [3.8, 4) is 16.8 Å². The number of anilines is 1. The van der Waals surface area contributed by atoms with Gasteiger partial charge >= 0.3 is 18.0 Å². The molecule has 188 valence electrons. The van der Waals surface area contributed by atoms with Gasteiger partial charge in [-0.3, -0.25) is 19.4 Å². The third kappa shape index (κ3) is 4.39. The molecule has 0 aliphatic heterocycles. The number of nitrogens with one attached hydrogen (secondary N) is 1. The summed E-state index contributed by atoms with van der Waals surface area (Å²) >= 11 is 0. The largest absolute Gasteiger partial charge is 0.450 e. The lowest BCUT2D eigenvalue weighted by atomic mass is 10.0. The molecule has 1 amide bonds. The number of carbonyl (C=O) groups is 1. The van der Waals surface area contributed by atoms with E-state index in [0.717, 1.165) is 23.3 Å². The molecular weight excluding hydrogens is 487 g/mol. The van der Waals surface area contributed by atoms with E-state index in [-0.39, 0.29) is 12.3 Å². The fourth-order valence-electron chi connectivity index (χ4n) is 4.15. The predicted octanol–water partition coefficient (Wildman–Crippen LogP) is 5.53. The second-order valence-electron chi connectivity index (χ2n) is 8.23. The molecule has 0 unspecified atom stereocenters. The lowest BCUT2D eigenvalue weighted by molar-refractivity contribution is -0.137. The fourth-order valence-corrected chi connectivity index (χ4v) is 4.15. The molecule has 0 saturated heterocycles. The van der Waals surface area contributed by atoms with Crippen LogP contribution < -0.4 is 11.0 Å². The molecule has 0 aliphatic rings. The van der Waals surface area contributed by atoms with Crippen LogP contribution in [0.15, 0.2) is 71.8 Å². The Morgan fingerprint density at radius 1 is 1.03 bits per heavy atom. The molecule has 0 fully saturated rings. The summed E-state index contributed by atoms with van der Waals surface area (Å²) in [6.07, 6.45) is -2.07. The molecule has 1 N–H and O–H groups in total. The molecule has 0 radical (unpaired) electrons. The molecule has 11 heteroatoms. The van der Waals surface area contributed by atoms with Crippen LogP contribution >= 0.6 is 0 Å². The van der Waals surface area contributed by atoms with Gasteiger partial charge < -0.3 is 4.74 Å². The number of benzene rings is 2. The number of hydrogen-bond donors (Lipinski definition) is 1. The average molecular weight is 507 g/mol. The van der Waals surface area contributed by atoms with Crippen LogP contribution in [0.1, 0.15) is 12.5 Å². The minimum Gasteiger partial charge on any atom is -0.450 e. The second-order valence-corrected chi connectivity index (χ2v) is 8.23. The van der Waals surface area contributed by atoms with Crippen LogP contribution in [0.5, 0.6) is 0 Å². The van der Waals surface area contributed by atoms with E-state index < -0.39 is 23.5 Å². The fraction of sp³-hybridized carbons (Fsp3) is 0.154. The quantitative estimate of drug-likeness (QED) is 0.346. The first-order valence-electron chi connectivity index (χ1n) is 11.3. The number of aryl methyl sites for hydroxylation is 1. The highest BCUT2D eigenvalue weighted by Crippen LogP contribution is 2.33. The van der Waals surface area contributed by atoms with E-state index in [2.05, 4.69) is 15.3 Å². The highest BCUT2D eigenvalue weighted by molar-refractivity contribution is 6.04. The molecule has 5 rings (SSSR count). The van der Waals surface area contributed by atoms with Crippen molar-refractivity contribution < 1.29 is 22.7 Å². The number of nitrogens with zero attached hydrogens (tertiary/aromatic N) is 4. The van der Waals surface area contributed by atoms with Gasteiger partial charge in [-0.1, -0.05) is 12.1 Å². The minimum atomic E-state index is -4.55. The smallest absolute Gasteiger partial charge is 0.416 e. The van der Waals surface area contributed by atoms with E-state index in [1.807, 2.05) is 12.1 Å². The highest BCUT2D eigenvalue weighted by Gasteiger charge is 2.31. The van der Waals surface area contributed by atoms with Gasteiger partial charge in [0.15, 0.2) is 0 Å². The molecule has 0 spiro atoms. The lowest BCUT2D eigenvalue weighted by Crippen LogP contribution is -2.21. The molecule has 2 aromatic carbocycles. The summed E-state index contributed by atoms with van der Waals surface area (Å²) in [4.78, 5) is 33.5. The Morgan fingerprint density at radius 2 is 1.81 bits per heavy atom. The Hall–Kier alpha value is -4.67. The van der Waals surface area contributed by atoms with Crippen molar-refractivity contribution in [2.75, 3.05) is 11.9 Å². The maximum absolute atomic E-state index is 13.4. The molecule has 3 aromatic heterocycles. The molecule has 0 bridgehead atoms. The number of pyridine rings is 2. The van der Waals surface area contributed by atoms with Gasteiger partial charge in [0.2, 0.25) is 0 Å². The Balaban J connectivity index is 1.66. The van der Waals surface area contributed by atoms with Gasteiger partial charge in [-0.05, 0) is 55.0 Å². The number of aromatic nitrogens is 4. The highest BCUT2D eigenvalue weighted by atomic mass is 19.4. The number of imidazole rings is 1. The SMILES string of the molecule is CCOC(=O)Nc1ccc(-c2ccc3ncc4c(c3c2)n(-c2cccc(C(F)(F)F)c2)c(=O)n4C)cn1. The molecule has 5 aromatic rings. The molecule has 0 aliphatic carbocycles. The maximum Gasteiger partial charge on any atom is 0.416 e. The van der Waals surface area contributed by atoms with E-state index >= 15 is 0 Å². The summed E-state index contributed by atoms with van der Waals surface area (Å²) in [7, 11) is 1.55. The average Bonchev–Trinajstić information content (AvgIpc) is 3.14. The molecular formula is C26H20F3N5O3.